The van der Waals surface area contributed by atoms with Gasteiger partial charge in [-0.15, -0.1) is 0 Å². The molecule has 0 aromatic heterocycles. The standard InChI is InChI=1S/C7H15NO/c1-8-5-3-2-4-7(9)6-8/h7,9H,2-6H2,1H3/t7-/m1/s1. The summed E-state index contributed by atoms with van der Waals surface area (Å²) in [6.07, 6.45) is 3.35. The fraction of sp³-hybridized carbons (Fsp3) is 1.00. The Morgan fingerprint density at radius 2 is 2.22 bits per heavy atom. The minimum atomic E-state index is -0.0718. The topological polar surface area (TPSA) is 23.5 Å². The molecule has 1 aliphatic rings. The van der Waals surface area contributed by atoms with E-state index < -0.39 is 0 Å². The molecule has 0 amide bonds. The molecule has 9 heavy (non-hydrogen) atoms. The molecule has 2 heteroatoms. The highest BCUT2D eigenvalue weighted by Gasteiger charge is 2.11. The molecule has 0 bridgehead atoms. The van der Waals surface area contributed by atoms with E-state index in [1.165, 1.54) is 12.8 Å². The lowest BCUT2D eigenvalue weighted by Gasteiger charge is -2.14. The van der Waals surface area contributed by atoms with Crippen LogP contribution in [0.15, 0.2) is 0 Å². The first-order valence-electron chi connectivity index (χ1n) is 3.65. The maximum absolute atomic E-state index is 9.22. The predicted molar refractivity (Wildman–Crippen MR) is 37.4 cm³/mol. The first-order chi connectivity index (χ1) is 4.29. The highest BCUT2D eigenvalue weighted by atomic mass is 16.3. The Balaban J connectivity index is 2.29. The van der Waals surface area contributed by atoms with Crippen LogP contribution in [-0.2, 0) is 0 Å². The van der Waals surface area contributed by atoms with Crippen LogP contribution in [0.3, 0.4) is 0 Å². The minimum absolute atomic E-state index is 0.0718. The van der Waals surface area contributed by atoms with Crippen molar-refractivity contribution in [2.45, 2.75) is 25.4 Å². The van der Waals surface area contributed by atoms with E-state index in [9.17, 15) is 5.11 Å². The average molecular weight is 129 g/mol. The number of β-amino-alcohol motifs (C(OH)–C–C–N with tert-alkyl or cyclic N) is 1. The highest BCUT2D eigenvalue weighted by Crippen LogP contribution is 2.07. The van der Waals surface area contributed by atoms with Gasteiger partial charge in [-0.3, -0.25) is 0 Å². The van der Waals surface area contributed by atoms with E-state index in [4.69, 9.17) is 0 Å². The average Bonchev–Trinajstić information content (AvgIpc) is 1.93. The molecule has 2 nitrogen and oxygen atoms in total. The monoisotopic (exact) mass is 129 g/mol. The first-order valence-corrected chi connectivity index (χ1v) is 3.65. The molecule has 0 aliphatic carbocycles. The Bertz CT molecular complexity index is 75.0. The van der Waals surface area contributed by atoms with Crippen LogP contribution in [0.25, 0.3) is 0 Å². The zero-order valence-electron chi connectivity index (χ0n) is 6.01. The summed E-state index contributed by atoms with van der Waals surface area (Å²) in [4.78, 5) is 2.19. The second-order valence-electron chi connectivity index (χ2n) is 2.91. The van der Waals surface area contributed by atoms with Gasteiger partial charge in [-0.2, -0.15) is 0 Å². The van der Waals surface area contributed by atoms with Gasteiger partial charge in [-0.05, 0) is 32.9 Å². The smallest absolute Gasteiger partial charge is 0.0667 e. The largest absolute Gasteiger partial charge is 0.392 e. The third-order valence-corrected chi connectivity index (χ3v) is 1.85. The van der Waals surface area contributed by atoms with Crippen LogP contribution in [0.4, 0.5) is 0 Å². The third-order valence-electron chi connectivity index (χ3n) is 1.85. The van der Waals surface area contributed by atoms with Gasteiger partial charge in [0.2, 0.25) is 0 Å². The second-order valence-corrected chi connectivity index (χ2v) is 2.91. The zero-order valence-corrected chi connectivity index (χ0v) is 6.01. The van der Waals surface area contributed by atoms with Crippen molar-refractivity contribution in [2.75, 3.05) is 20.1 Å². The zero-order chi connectivity index (χ0) is 6.69. The predicted octanol–water partition coefficient (Wildman–Crippen LogP) is 0.463. The van der Waals surface area contributed by atoms with Crippen molar-refractivity contribution in [1.29, 1.82) is 0 Å². The maximum atomic E-state index is 9.22. The van der Waals surface area contributed by atoms with Crippen molar-refractivity contribution in [3.8, 4) is 0 Å². The van der Waals surface area contributed by atoms with E-state index in [0.29, 0.717) is 0 Å². The van der Waals surface area contributed by atoms with Crippen LogP contribution in [0.1, 0.15) is 19.3 Å². The third kappa shape index (κ3) is 2.33. The summed E-state index contributed by atoms with van der Waals surface area (Å²) in [7, 11) is 2.06. The molecule has 0 unspecified atom stereocenters. The summed E-state index contributed by atoms with van der Waals surface area (Å²) in [5.41, 5.74) is 0. The molecular formula is C7H15NO. The fourth-order valence-corrected chi connectivity index (χ4v) is 1.30. The maximum Gasteiger partial charge on any atom is 0.0667 e. The Hall–Kier alpha value is -0.0800. The van der Waals surface area contributed by atoms with E-state index in [-0.39, 0.29) is 6.10 Å². The van der Waals surface area contributed by atoms with Crippen LogP contribution in [-0.4, -0.2) is 36.2 Å². The van der Waals surface area contributed by atoms with Gasteiger partial charge in [0.05, 0.1) is 6.10 Å². The normalized spacial score (nSPS) is 32.0. The molecule has 0 aromatic carbocycles. The fourth-order valence-electron chi connectivity index (χ4n) is 1.30. The molecule has 0 aromatic rings. The molecule has 1 saturated heterocycles. The molecule has 1 atom stereocenters. The summed E-state index contributed by atoms with van der Waals surface area (Å²) in [6, 6.07) is 0. The Labute approximate surface area is 56.5 Å². The van der Waals surface area contributed by atoms with Crippen molar-refractivity contribution in [1.82, 2.24) is 4.90 Å². The summed E-state index contributed by atoms with van der Waals surface area (Å²) in [5, 5.41) is 9.22. The van der Waals surface area contributed by atoms with Gasteiger partial charge in [0, 0.05) is 6.54 Å². The van der Waals surface area contributed by atoms with E-state index >= 15 is 0 Å². The van der Waals surface area contributed by atoms with Crippen molar-refractivity contribution < 1.29 is 5.11 Å². The SMILES string of the molecule is CN1CCCC[C@@H](O)C1. The lowest BCUT2D eigenvalue weighted by molar-refractivity contribution is 0.133. The van der Waals surface area contributed by atoms with Crippen LogP contribution >= 0.6 is 0 Å². The Morgan fingerprint density at radius 1 is 1.44 bits per heavy atom. The van der Waals surface area contributed by atoms with Gasteiger partial charge < -0.3 is 10.0 Å². The molecule has 1 fully saturated rings. The second kappa shape index (κ2) is 3.18. The van der Waals surface area contributed by atoms with Crippen LogP contribution in [0.5, 0.6) is 0 Å². The van der Waals surface area contributed by atoms with E-state index in [1.807, 2.05) is 0 Å². The molecular weight excluding hydrogens is 114 g/mol. The number of likely N-dealkylation sites (tertiary alicyclic amines) is 1. The molecule has 1 heterocycles. The minimum Gasteiger partial charge on any atom is -0.392 e. The number of nitrogens with zero attached hydrogens (tertiary/aromatic N) is 1. The number of rotatable bonds is 0. The number of aliphatic hydroxyl groups excluding tert-OH is 1. The lowest BCUT2D eigenvalue weighted by atomic mass is 10.2. The molecule has 0 saturated carbocycles. The molecule has 54 valence electrons. The van der Waals surface area contributed by atoms with Crippen molar-refractivity contribution in [3.05, 3.63) is 0 Å². The highest BCUT2D eigenvalue weighted by molar-refractivity contribution is 4.66. The van der Waals surface area contributed by atoms with E-state index in [2.05, 4.69) is 11.9 Å². The molecule has 1 rings (SSSR count). The van der Waals surface area contributed by atoms with Gasteiger partial charge in [-0.1, -0.05) is 0 Å². The molecule has 1 aliphatic heterocycles. The first kappa shape index (κ1) is 7.03. The van der Waals surface area contributed by atoms with Gasteiger partial charge in [0.15, 0.2) is 0 Å². The van der Waals surface area contributed by atoms with Gasteiger partial charge in [0.25, 0.3) is 0 Å². The number of hydrogen-bond donors (Lipinski definition) is 1. The number of aliphatic hydroxyl groups is 1. The van der Waals surface area contributed by atoms with Crippen LogP contribution < -0.4 is 0 Å². The lowest BCUT2D eigenvalue weighted by Crippen LogP contribution is -2.26. The molecule has 0 radical (unpaired) electrons. The molecule has 1 N–H and O–H groups in total. The quantitative estimate of drug-likeness (QED) is 0.513. The molecule has 0 spiro atoms. The van der Waals surface area contributed by atoms with Gasteiger partial charge in [-0.25, -0.2) is 0 Å². The van der Waals surface area contributed by atoms with E-state index in [1.54, 1.807) is 0 Å². The van der Waals surface area contributed by atoms with Gasteiger partial charge in [0.1, 0.15) is 0 Å². The summed E-state index contributed by atoms with van der Waals surface area (Å²) < 4.78 is 0. The van der Waals surface area contributed by atoms with Crippen molar-refractivity contribution in [3.63, 3.8) is 0 Å². The van der Waals surface area contributed by atoms with Crippen LogP contribution in [0, 0.1) is 0 Å². The van der Waals surface area contributed by atoms with Crippen molar-refractivity contribution >= 4 is 0 Å². The Kier molecular flexibility index (Phi) is 2.49. The summed E-state index contributed by atoms with van der Waals surface area (Å²) >= 11 is 0. The number of likely N-dealkylation sites (N-methyl/N-ethyl adjacent to an activating group) is 1. The Morgan fingerprint density at radius 3 is 3.00 bits per heavy atom. The summed E-state index contributed by atoms with van der Waals surface area (Å²) in [6.45, 7) is 2.01. The number of hydrogen-bond acceptors (Lipinski definition) is 2. The van der Waals surface area contributed by atoms with Gasteiger partial charge >= 0.3 is 0 Å². The van der Waals surface area contributed by atoms with Crippen molar-refractivity contribution in [2.24, 2.45) is 0 Å². The summed E-state index contributed by atoms with van der Waals surface area (Å²) in [5.74, 6) is 0. The van der Waals surface area contributed by atoms with E-state index in [0.717, 1.165) is 19.5 Å². The van der Waals surface area contributed by atoms with Crippen LogP contribution in [0.2, 0.25) is 0 Å².